The van der Waals surface area contributed by atoms with Crippen LogP contribution in [0.1, 0.15) is 23.2 Å². The average molecular weight is 279 g/mol. The number of carbonyl (C=O) groups excluding carboxylic acids is 1. The van der Waals surface area contributed by atoms with Gasteiger partial charge in [-0.1, -0.05) is 0 Å². The predicted octanol–water partition coefficient (Wildman–Crippen LogP) is 1.95. The minimum atomic E-state index is 0.0109. The first-order valence-electron chi connectivity index (χ1n) is 6.73. The Morgan fingerprint density at radius 3 is 2.05 bits per heavy atom. The van der Waals surface area contributed by atoms with Crippen molar-refractivity contribution in [1.29, 1.82) is 0 Å². The lowest BCUT2D eigenvalue weighted by Crippen LogP contribution is -2.40. The predicted molar refractivity (Wildman–Crippen MR) is 75.5 cm³/mol. The molecular formula is C15H21NO4. The molecule has 0 spiro atoms. The summed E-state index contributed by atoms with van der Waals surface area (Å²) >= 11 is 0. The van der Waals surface area contributed by atoms with Crippen molar-refractivity contribution in [1.82, 2.24) is 4.90 Å². The zero-order chi connectivity index (χ0) is 14.5. The Kier molecular flexibility index (Phi) is 4.84. The third-order valence-electron chi connectivity index (χ3n) is 3.66. The summed E-state index contributed by atoms with van der Waals surface area (Å²) in [6, 6.07) is 5.24. The number of rotatable bonds is 4. The van der Waals surface area contributed by atoms with Gasteiger partial charge in [-0.15, -0.1) is 0 Å². The van der Waals surface area contributed by atoms with Crippen LogP contribution in [0.3, 0.4) is 0 Å². The molecule has 0 bridgehead atoms. The molecule has 5 heteroatoms. The molecule has 1 aromatic rings. The number of carbonyl (C=O) groups is 1. The summed E-state index contributed by atoms with van der Waals surface area (Å²) in [7, 11) is 4.87. The maximum absolute atomic E-state index is 12.5. The molecule has 0 N–H and O–H groups in total. The molecule has 1 amide bonds. The minimum absolute atomic E-state index is 0.0109. The molecule has 1 aliphatic rings. The zero-order valence-corrected chi connectivity index (χ0v) is 12.2. The van der Waals surface area contributed by atoms with Crippen molar-refractivity contribution in [2.75, 3.05) is 34.4 Å². The van der Waals surface area contributed by atoms with E-state index >= 15 is 0 Å². The quantitative estimate of drug-likeness (QED) is 0.845. The van der Waals surface area contributed by atoms with E-state index in [0.717, 1.165) is 25.9 Å². The highest BCUT2D eigenvalue weighted by atomic mass is 16.5. The highest BCUT2D eigenvalue weighted by Gasteiger charge is 2.24. The van der Waals surface area contributed by atoms with Crippen molar-refractivity contribution < 1.29 is 19.0 Å². The number of amides is 1. The smallest absolute Gasteiger partial charge is 0.254 e. The topological polar surface area (TPSA) is 48.0 Å². The summed E-state index contributed by atoms with van der Waals surface area (Å²) in [4.78, 5) is 14.4. The Labute approximate surface area is 119 Å². The first kappa shape index (κ1) is 14.7. The first-order chi connectivity index (χ1) is 9.67. The lowest BCUT2D eigenvalue weighted by atomic mass is 10.1. The van der Waals surface area contributed by atoms with Gasteiger partial charge in [0.15, 0.2) is 0 Å². The summed E-state index contributed by atoms with van der Waals surface area (Å²) in [5.41, 5.74) is 0.595. The molecule has 1 fully saturated rings. The van der Waals surface area contributed by atoms with Crippen LogP contribution in [-0.4, -0.2) is 51.3 Å². The molecule has 1 aromatic carbocycles. The second kappa shape index (κ2) is 6.61. The van der Waals surface area contributed by atoms with E-state index in [0.29, 0.717) is 17.1 Å². The highest BCUT2D eigenvalue weighted by molar-refractivity contribution is 5.95. The standard InChI is InChI=1S/C15H21NO4/c1-18-12-4-6-16(7-5-12)15(17)11-8-13(19-2)10-14(9-11)20-3/h8-10,12H,4-7H2,1-3H3. The molecule has 1 heterocycles. The molecule has 0 saturated carbocycles. The molecule has 2 rings (SSSR count). The van der Waals surface area contributed by atoms with Crippen molar-refractivity contribution in [2.45, 2.75) is 18.9 Å². The van der Waals surface area contributed by atoms with E-state index in [2.05, 4.69) is 0 Å². The van der Waals surface area contributed by atoms with Crippen molar-refractivity contribution in [3.63, 3.8) is 0 Å². The van der Waals surface area contributed by atoms with Gasteiger partial charge in [0, 0.05) is 31.8 Å². The molecule has 0 unspecified atom stereocenters. The number of ether oxygens (including phenoxy) is 3. The molecule has 0 aromatic heterocycles. The summed E-state index contributed by atoms with van der Waals surface area (Å²) in [6.07, 6.45) is 2.02. The number of likely N-dealkylation sites (tertiary alicyclic amines) is 1. The van der Waals surface area contributed by atoms with Crippen molar-refractivity contribution in [3.05, 3.63) is 23.8 Å². The Bertz CT molecular complexity index is 445. The molecule has 1 aliphatic heterocycles. The Hall–Kier alpha value is -1.75. The van der Waals surface area contributed by atoms with Crippen molar-refractivity contribution >= 4 is 5.91 Å². The van der Waals surface area contributed by atoms with E-state index in [1.807, 2.05) is 4.90 Å². The van der Waals surface area contributed by atoms with Gasteiger partial charge in [-0.2, -0.15) is 0 Å². The van der Waals surface area contributed by atoms with Gasteiger partial charge in [0.1, 0.15) is 11.5 Å². The fraction of sp³-hybridized carbons (Fsp3) is 0.533. The van der Waals surface area contributed by atoms with E-state index in [1.165, 1.54) is 0 Å². The molecule has 0 radical (unpaired) electrons. The third-order valence-corrected chi connectivity index (χ3v) is 3.66. The van der Waals surface area contributed by atoms with Crippen molar-refractivity contribution in [2.24, 2.45) is 0 Å². The van der Waals surface area contributed by atoms with Crippen LogP contribution in [0, 0.1) is 0 Å². The van der Waals surface area contributed by atoms with Gasteiger partial charge in [-0.3, -0.25) is 4.79 Å². The molecule has 5 nitrogen and oxygen atoms in total. The highest BCUT2D eigenvalue weighted by Crippen LogP contribution is 2.24. The van der Waals surface area contributed by atoms with Crippen LogP contribution in [0.25, 0.3) is 0 Å². The maximum atomic E-state index is 12.5. The monoisotopic (exact) mass is 279 g/mol. The molecule has 20 heavy (non-hydrogen) atoms. The number of piperidine rings is 1. The van der Waals surface area contributed by atoms with Crippen LogP contribution in [0.2, 0.25) is 0 Å². The number of hydrogen-bond acceptors (Lipinski definition) is 4. The summed E-state index contributed by atoms with van der Waals surface area (Å²) in [6.45, 7) is 1.44. The summed E-state index contributed by atoms with van der Waals surface area (Å²) in [5.74, 6) is 1.26. The van der Waals surface area contributed by atoms with E-state index in [4.69, 9.17) is 14.2 Å². The Morgan fingerprint density at radius 2 is 1.60 bits per heavy atom. The van der Waals surface area contributed by atoms with Crippen LogP contribution in [0.15, 0.2) is 18.2 Å². The fourth-order valence-corrected chi connectivity index (χ4v) is 2.41. The number of methoxy groups -OCH3 is 3. The van der Waals surface area contributed by atoms with Crippen LogP contribution >= 0.6 is 0 Å². The Morgan fingerprint density at radius 1 is 1.05 bits per heavy atom. The second-order valence-corrected chi connectivity index (χ2v) is 4.83. The minimum Gasteiger partial charge on any atom is -0.497 e. The average Bonchev–Trinajstić information content (AvgIpc) is 2.53. The molecule has 0 aliphatic carbocycles. The third kappa shape index (κ3) is 3.22. The number of hydrogen-bond donors (Lipinski definition) is 0. The van der Waals surface area contributed by atoms with Crippen LogP contribution in [0.4, 0.5) is 0 Å². The van der Waals surface area contributed by atoms with Gasteiger partial charge in [0.25, 0.3) is 5.91 Å². The maximum Gasteiger partial charge on any atom is 0.254 e. The van der Waals surface area contributed by atoms with Gasteiger partial charge in [0.05, 0.1) is 20.3 Å². The van der Waals surface area contributed by atoms with Gasteiger partial charge in [0.2, 0.25) is 0 Å². The zero-order valence-electron chi connectivity index (χ0n) is 12.2. The lowest BCUT2D eigenvalue weighted by molar-refractivity contribution is 0.0350. The van der Waals surface area contributed by atoms with Crippen molar-refractivity contribution in [3.8, 4) is 11.5 Å². The summed E-state index contributed by atoms with van der Waals surface area (Å²) < 4.78 is 15.7. The van der Waals surface area contributed by atoms with Crippen LogP contribution in [0.5, 0.6) is 11.5 Å². The number of benzene rings is 1. The molecule has 110 valence electrons. The van der Waals surface area contributed by atoms with E-state index < -0.39 is 0 Å². The van der Waals surface area contributed by atoms with Gasteiger partial charge >= 0.3 is 0 Å². The lowest BCUT2D eigenvalue weighted by Gasteiger charge is -2.31. The van der Waals surface area contributed by atoms with Crippen LogP contribution < -0.4 is 9.47 Å². The SMILES string of the molecule is COc1cc(OC)cc(C(=O)N2CCC(OC)CC2)c1. The largest absolute Gasteiger partial charge is 0.497 e. The first-order valence-corrected chi connectivity index (χ1v) is 6.73. The van der Waals surface area contributed by atoms with Gasteiger partial charge < -0.3 is 19.1 Å². The fourth-order valence-electron chi connectivity index (χ4n) is 2.41. The molecule has 0 atom stereocenters. The summed E-state index contributed by atoms with van der Waals surface area (Å²) in [5, 5.41) is 0. The van der Waals surface area contributed by atoms with Gasteiger partial charge in [-0.05, 0) is 25.0 Å². The van der Waals surface area contributed by atoms with E-state index in [1.54, 1.807) is 39.5 Å². The van der Waals surface area contributed by atoms with E-state index in [-0.39, 0.29) is 12.0 Å². The van der Waals surface area contributed by atoms with Crippen LogP contribution in [-0.2, 0) is 4.74 Å². The van der Waals surface area contributed by atoms with E-state index in [9.17, 15) is 4.79 Å². The Balaban J connectivity index is 2.12. The molecule has 1 saturated heterocycles. The molecular weight excluding hydrogens is 258 g/mol. The normalized spacial score (nSPS) is 16.1. The second-order valence-electron chi connectivity index (χ2n) is 4.83. The van der Waals surface area contributed by atoms with Gasteiger partial charge in [-0.25, -0.2) is 0 Å². The number of nitrogens with zero attached hydrogens (tertiary/aromatic N) is 1.